The van der Waals surface area contributed by atoms with Crippen molar-refractivity contribution in [1.29, 1.82) is 0 Å². The van der Waals surface area contributed by atoms with Crippen molar-refractivity contribution in [2.24, 2.45) is 0 Å². The van der Waals surface area contributed by atoms with Crippen LogP contribution in [-0.4, -0.2) is 25.9 Å². The van der Waals surface area contributed by atoms with Gasteiger partial charge in [-0.25, -0.2) is 0 Å². The van der Waals surface area contributed by atoms with E-state index in [4.69, 9.17) is 9.47 Å². The largest absolute Gasteiger partial charge is 0.504 e. The van der Waals surface area contributed by atoms with Gasteiger partial charge in [-0.3, -0.25) is 0 Å². The van der Waals surface area contributed by atoms with Crippen molar-refractivity contribution in [2.45, 2.75) is 13.3 Å². The van der Waals surface area contributed by atoms with Gasteiger partial charge in [0.05, 0.1) is 13.7 Å². The first kappa shape index (κ1) is 10.9. The molecule has 0 bridgehead atoms. The van der Waals surface area contributed by atoms with Crippen molar-refractivity contribution >= 4 is 0 Å². The molecule has 0 saturated heterocycles. The lowest BCUT2D eigenvalue weighted by atomic mass is 10.1. The Labute approximate surface area is 84.3 Å². The van der Waals surface area contributed by atoms with Gasteiger partial charge in [-0.2, -0.15) is 0 Å². The van der Waals surface area contributed by atoms with Crippen molar-refractivity contribution < 1.29 is 14.6 Å². The maximum atomic E-state index is 9.76. The maximum absolute atomic E-state index is 9.76. The molecule has 0 fully saturated rings. The molecule has 0 saturated carbocycles. The molecular formula is C11H16O3. The highest BCUT2D eigenvalue weighted by Crippen LogP contribution is 2.31. The molecule has 0 spiro atoms. The highest BCUT2D eigenvalue weighted by atomic mass is 16.5. The first-order chi connectivity index (χ1) is 6.69. The number of aromatic hydroxyl groups is 1. The van der Waals surface area contributed by atoms with E-state index in [2.05, 4.69) is 0 Å². The van der Waals surface area contributed by atoms with Crippen LogP contribution >= 0.6 is 0 Å². The molecule has 0 atom stereocenters. The summed E-state index contributed by atoms with van der Waals surface area (Å²) < 4.78 is 10.0. The lowest BCUT2D eigenvalue weighted by Gasteiger charge is -2.10. The Kier molecular flexibility index (Phi) is 3.77. The highest BCUT2D eigenvalue weighted by Gasteiger charge is 2.08. The Morgan fingerprint density at radius 2 is 2.00 bits per heavy atom. The summed E-state index contributed by atoms with van der Waals surface area (Å²) in [5.41, 5.74) is 1.94. The number of hydrogen-bond acceptors (Lipinski definition) is 3. The molecule has 0 aliphatic rings. The quantitative estimate of drug-likeness (QED) is 0.799. The van der Waals surface area contributed by atoms with Crippen LogP contribution in [0.3, 0.4) is 0 Å². The minimum Gasteiger partial charge on any atom is -0.504 e. The summed E-state index contributed by atoms with van der Waals surface area (Å²) in [6.07, 6.45) is 0.695. The smallest absolute Gasteiger partial charge is 0.161 e. The van der Waals surface area contributed by atoms with E-state index in [9.17, 15) is 5.11 Å². The second-order valence-corrected chi connectivity index (χ2v) is 3.22. The van der Waals surface area contributed by atoms with Gasteiger partial charge >= 0.3 is 0 Å². The average Bonchev–Trinajstić information content (AvgIpc) is 2.18. The lowest BCUT2D eigenvalue weighted by molar-refractivity contribution is 0.201. The van der Waals surface area contributed by atoms with Gasteiger partial charge in [0.25, 0.3) is 0 Å². The molecule has 78 valence electrons. The van der Waals surface area contributed by atoms with Gasteiger partial charge in [-0.05, 0) is 25.0 Å². The van der Waals surface area contributed by atoms with Crippen molar-refractivity contribution in [3.63, 3.8) is 0 Å². The molecule has 1 rings (SSSR count). The fourth-order valence-corrected chi connectivity index (χ4v) is 1.38. The second-order valence-electron chi connectivity index (χ2n) is 3.22. The number of hydrogen-bond donors (Lipinski definition) is 1. The number of ether oxygens (including phenoxy) is 2. The van der Waals surface area contributed by atoms with Crippen LogP contribution in [0.1, 0.15) is 11.1 Å². The third kappa shape index (κ3) is 2.39. The number of methoxy groups -OCH3 is 2. The third-order valence-corrected chi connectivity index (χ3v) is 2.09. The summed E-state index contributed by atoms with van der Waals surface area (Å²) in [7, 11) is 3.19. The molecule has 0 radical (unpaired) electrons. The van der Waals surface area contributed by atoms with E-state index in [0.29, 0.717) is 18.8 Å². The molecular weight excluding hydrogens is 180 g/mol. The highest BCUT2D eigenvalue weighted by molar-refractivity contribution is 5.48. The fraction of sp³-hybridized carbons (Fsp3) is 0.455. The summed E-state index contributed by atoms with van der Waals surface area (Å²) in [5.74, 6) is 0.742. The summed E-state index contributed by atoms with van der Waals surface area (Å²) in [4.78, 5) is 0. The summed E-state index contributed by atoms with van der Waals surface area (Å²) >= 11 is 0. The van der Waals surface area contributed by atoms with Crippen molar-refractivity contribution in [2.75, 3.05) is 20.8 Å². The van der Waals surface area contributed by atoms with Crippen LogP contribution in [0.2, 0.25) is 0 Å². The second kappa shape index (κ2) is 4.86. The van der Waals surface area contributed by atoms with Gasteiger partial charge in [-0.1, -0.05) is 6.07 Å². The van der Waals surface area contributed by atoms with Gasteiger partial charge < -0.3 is 14.6 Å². The van der Waals surface area contributed by atoms with Crippen LogP contribution in [0, 0.1) is 6.92 Å². The van der Waals surface area contributed by atoms with Crippen LogP contribution in [0.25, 0.3) is 0 Å². The Balaban J connectivity index is 2.96. The van der Waals surface area contributed by atoms with Crippen molar-refractivity contribution in [3.05, 3.63) is 23.3 Å². The molecule has 0 aromatic heterocycles. The number of rotatable bonds is 4. The zero-order chi connectivity index (χ0) is 10.6. The molecule has 0 unspecified atom stereocenters. The standard InChI is InChI=1S/C11H16O3/c1-8-6-9(4-5-13-2)11(12)10(7-8)14-3/h6-7,12H,4-5H2,1-3H3. The molecule has 0 aliphatic heterocycles. The maximum Gasteiger partial charge on any atom is 0.161 e. The monoisotopic (exact) mass is 196 g/mol. The van der Waals surface area contributed by atoms with E-state index in [1.165, 1.54) is 0 Å². The molecule has 1 N–H and O–H groups in total. The van der Waals surface area contributed by atoms with Crippen LogP contribution < -0.4 is 4.74 Å². The Morgan fingerprint density at radius 1 is 1.29 bits per heavy atom. The number of aryl methyl sites for hydroxylation is 1. The molecule has 3 nitrogen and oxygen atoms in total. The predicted molar refractivity (Wildman–Crippen MR) is 55.0 cm³/mol. The van der Waals surface area contributed by atoms with Crippen LogP contribution in [0.15, 0.2) is 12.1 Å². The molecule has 0 aliphatic carbocycles. The first-order valence-electron chi connectivity index (χ1n) is 4.54. The minimum absolute atomic E-state index is 0.218. The Bertz CT molecular complexity index is 308. The Hall–Kier alpha value is -1.22. The molecule has 1 aromatic rings. The van der Waals surface area contributed by atoms with Gasteiger partial charge in [0, 0.05) is 12.7 Å². The van der Waals surface area contributed by atoms with Gasteiger partial charge in [0.1, 0.15) is 0 Å². The molecule has 0 amide bonds. The van der Waals surface area contributed by atoms with Gasteiger partial charge in [0.15, 0.2) is 11.5 Å². The fourth-order valence-electron chi connectivity index (χ4n) is 1.38. The summed E-state index contributed by atoms with van der Waals surface area (Å²) in [6.45, 7) is 2.57. The normalized spacial score (nSPS) is 10.2. The van der Waals surface area contributed by atoms with Crippen LogP contribution in [0.4, 0.5) is 0 Å². The van der Waals surface area contributed by atoms with Gasteiger partial charge in [-0.15, -0.1) is 0 Å². The van der Waals surface area contributed by atoms with Crippen molar-refractivity contribution in [3.8, 4) is 11.5 Å². The molecule has 14 heavy (non-hydrogen) atoms. The predicted octanol–water partition coefficient (Wildman–Crippen LogP) is 1.90. The van der Waals surface area contributed by atoms with E-state index in [0.717, 1.165) is 11.1 Å². The first-order valence-corrected chi connectivity index (χ1v) is 4.54. The third-order valence-electron chi connectivity index (χ3n) is 2.09. The number of phenols is 1. The number of phenolic OH excluding ortho intramolecular Hbond substituents is 1. The SMILES string of the molecule is COCCc1cc(C)cc(OC)c1O. The average molecular weight is 196 g/mol. The van der Waals surface area contributed by atoms with Crippen LogP contribution in [0.5, 0.6) is 11.5 Å². The van der Waals surface area contributed by atoms with Gasteiger partial charge in [0.2, 0.25) is 0 Å². The zero-order valence-corrected chi connectivity index (χ0v) is 8.83. The van der Waals surface area contributed by atoms with E-state index in [1.807, 2.05) is 19.1 Å². The number of benzene rings is 1. The lowest BCUT2D eigenvalue weighted by Crippen LogP contribution is -1.97. The van der Waals surface area contributed by atoms with E-state index < -0.39 is 0 Å². The molecule has 0 heterocycles. The Morgan fingerprint density at radius 3 is 2.57 bits per heavy atom. The minimum atomic E-state index is 0.218. The molecule has 3 heteroatoms. The summed E-state index contributed by atoms with van der Waals surface area (Å²) in [5, 5.41) is 9.76. The van der Waals surface area contributed by atoms with Crippen molar-refractivity contribution in [1.82, 2.24) is 0 Å². The van der Waals surface area contributed by atoms with E-state index in [-0.39, 0.29) is 5.75 Å². The van der Waals surface area contributed by atoms with E-state index in [1.54, 1.807) is 14.2 Å². The zero-order valence-electron chi connectivity index (χ0n) is 8.83. The topological polar surface area (TPSA) is 38.7 Å². The molecule has 1 aromatic carbocycles. The van der Waals surface area contributed by atoms with Crippen LogP contribution in [-0.2, 0) is 11.2 Å². The summed E-state index contributed by atoms with van der Waals surface area (Å²) in [6, 6.07) is 3.75. The van der Waals surface area contributed by atoms with E-state index >= 15 is 0 Å².